The van der Waals surface area contributed by atoms with Crippen LogP contribution in [-0.4, -0.2) is 15.5 Å². The fourth-order valence-electron chi connectivity index (χ4n) is 2.63. The second-order valence-corrected chi connectivity index (χ2v) is 6.94. The van der Waals surface area contributed by atoms with Gasteiger partial charge in [0.2, 0.25) is 5.91 Å². The summed E-state index contributed by atoms with van der Waals surface area (Å²) in [5.41, 5.74) is -0.375. The Morgan fingerprint density at radius 2 is 1.96 bits per heavy atom. The predicted molar refractivity (Wildman–Crippen MR) is 96.5 cm³/mol. The highest BCUT2D eigenvalue weighted by Crippen LogP contribution is 2.29. The van der Waals surface area contributed by atoms with Gasteiger partial charge in [0.15, 0.2) is 0 Å². The summed E-state index contributed by atoms with van der Waals surface area (Å²) in [6.07, 6.45) is -2.92. The molecule has 0 saturated carbocycles. The van der Waals surface area contributed by atoms with E-state index in [0.29, 0.717) is 15.8 Å². The summed E-state index contributed by atoms with van der Waals surface area (Å²) < 4.78 is 39.2. The topological polar surface area (TPSA) is 64.0 Å². The summed E-state index contributed by atoms with van der Waals surface area (Å²) in [5.74, 6) is -0.306. The van der Waals surface area contributed by atoms with Gasteiger partial charge in [0.05, 0.1) is 23.3 Å². The number of benzene rings is 1. The summed E-state index contributed by atoms with van der Waals surface area (Å²) in [6, 6.07) is 5.89. The second-order valence-electron chi connectivity index (χ2n) is 6.04. The minimum Gasteiger partial charge on any atom is -0.350 e. The number of carbonyl (C=O) groups excluding carboxylic acids is 1. The fraction of sp³-hybridized carbons (Fsp3) is 0.278. The van der Waals surface area contributed by atoms with Gasteiger partial charge in [0.1, 0.15) is 4.83 Å². The van der Waals surface area contributed by atoms with E-state index in [4.69, 9.17) is 0 Å². The quantitative estimate of drug-likeness (QED) is 0.716. The van der Waals surface area contributed by atoms with E-state index in [9.17, 15) is 22.8 Å². The number of hydrogen-bond acceptors (Lipinski definition) is 4. The van der Waals surface area contributed by atoms with Crippen LogP contribution in [0, 0.1) is 0 Å². The Hall–Kier alpha value is -2.68. The Kier molecular flexibility index (Phi) is 5.31. The zero-order valence-corrected chi connectivity index (χ0v) is 15.1. The van der Waals surface area contributed by atoms with Crippen LogP contribution in [0.25, 0.3) is 10.2 Å². The Balaban J connectivity index is 1.60. The lowest BCUT2D eigenvalue weighted by atomic mass is 10.1. The fourth-order valence-corrected chi connectivity index (χ4v) is 3.36. The highest BCUT2D eigenvalue weighted by molar-refractivity contribution is 7.16. The third-order valence-corrected chi connectivity index (χ3v) is 4.97. The Labute approximate surface area is 156 Å². The van der Waals surface area contributed by atoms with Gasteiger partial charge in [-0.15, -0.1) is 11.3 Å². The number of amides is 1. The summed E-state index contributed by atoms with van der Waals surface area (Å²) in [5, 5.41) is 5.02. The number of fused-ring (bicyclic) bond motifs is 1. The number of nitrogens with zero attached hydrogens (tertiary/aromatic N) is 2. The van der Waals surface area contributed by atoms with E-state index >= 15 is 0 Å². The van der Waals surface area contributed by atoms with Crippen molar-refractivity contribution in [2.24, 2.45) is 0 Å². The Morgan fingerprint density at radius 3 is 2.63 bits per heavy atom. The lowest BCUT2D eigenvalue weighted by molar-refractivity contribution is -0.137. The van der Waals surface area contributed by atoms with E-state index in [0.717, 1.165) is 12.1 Å². The van der Waals surface area contributed by atoms with Crippen LogP contribution in [0.2, 0.25) is 0 Å². The van der Waals surface area contributed by atoms with Crippen molar-refractivity contribution in [3.63, 3.8) is 0 Å². The van der Waals surface area contributed by atoms with E-state index in [-0.39, 0.29) is 24.4 Å². The van der Waals surface area contributed by atoms with E-state index in [1.54, 1.807) is 18.4 Å². The van der Waals surface area contributed by atoms with Crippen molar-refractivity contribution < 1.29 is 18.0 Å². The van der Waals surface area contributed by atoms with Crippen molar-refractivity contribution in [3.05, 3.63) is 63.5 Å². The van der Waals surface area contributed by atoms with Crippen LogP contribution in [0.4, 0.5) is 13.2 Å². The zero-order chi connectivity index (χ0) is 19.6. The van der Waals surface area contributed by atoms with Gasteiger partial charge in [-0.25, -0.2) is 4.98 Å². The normalized spacial score (nSPS) is 12.9. The van der Waals surface area contributed by atoms with Gasteiger partial charge < -0.3 is 5.32 Å². The maximum absolute atomic E-state index is 12.6. The number of alkyl halides is 3. The van der Waals surface area contributed by atoms with Gasteiger partial charge >= 0.3 is 6.18 Å². The minimum atomic E-state index is -4.39. The number of nitrogens with one attached hydrogen (secondary N) is 1. The zero-order valence-electron chi connectivity index (χ0n) is 14.3. The van der Waals surface area contributed by atoms with Crippen LogP contribution >= 0.6 is 11.3 Å². The monoisotopic (exact) mass is 395 g/mol. The average molecular weight is 395 g/mol. The number of halogens is 3. The summed E-state index contributed by atoms with van der Waals surface area (Å²) >= 11 is 1.37. The molecule has 2 heterocycles. The molecular weight excluding hydrogens is 379 g/mol. The molecule has 0 fully saturated rings. The van der Waals surface area contributed by atoms with Crippen molar-refractivity contribution >= 4 is 27.5 Å². The average Bonchev–Trinajstić information content (AvgIpc) is 3.10. The molecule has 2 aromatic heterocycles. The van der Waals surface area contributed by atoms with Crippen molar-refractivity contribution in [3.8, 4) is 0 Å². The van der Waals surface area contributed by atoms with Crippen LogP contribution in [0.3, 0.4) is 0 Å². The van der Waals surface area contributed by atoms with Crippen molar-refractivity contribution in [2.45, 2.75) is 32.1 Å². The number of hydrogen-bond donors (Lipinski definition) is 1. The molecule has 27 heavy (non-hydrogen) atoms. The van der Waals surface area contributed by atoms with Gasteiger partial charge in [-0.1, -0.05) is 12.1 Å². The van der Waals surface area contributed by atoms with Crippen LogP contribution in [-0.2, 0) is 17.5 Å². The predicted octanol–water partition coefficient (Wildman–Crippen LogP) is 3.74. The molecule has 142 valence electrons. The Morgan fingerprint density at radius 1 is 1.26 bits per heavy atom. The molecule has 1 atom stereocenters. The van der Waals surface area contributed by atoms with Gasteiger partial charge in [0.25, 0.3) is 5.56 Å². The van der Waals surface area contributed by atoms with Crippen LogP contribution in [0.1, 0.15) is 30.5 Å². The smallest absolute Gasteiger partial charge is 0.350 e. The molecule has 0 aliphatic heterocycles. The van der Waals surface area contributed by atoms with Gasteiger partial charge in [-0.2, -0.15) is 13.2 Å². The third kappa shape index (κ3) is 4.36. The molecule has 0 saturated heterocycles. The molecule has 1 amide bonds. The van der Waals surface area contributed by atoms with Crippen LogP contribution < -0.4 is 10.9 Å². The molecule has 0 bridgehead atoms. The first-order chi connectivity index (χ1) is 12.8. The first-order valence-corrected chi connectivity index (χ1v) is 9.03. The number of carbonyl (C=O) groups is 1. The lowest BCUT2D eigenvalue weighted by Crippen LogP contribution is -2.29. The van der Waals surface area contributed by atoms with Crippen molar-refractivity contribution in [1.82, 2.24) is 14.9 Å². The summed E-state index contributed by atoms with van der Waals surface area (Å²) in [7, 11) is 0. The molecule has 5 nitrogen and oxygen atoms in total. The molecule has 1 N–H and O–H groups in total. The number of aryl methyl sites for hydroxylation is 1. The number of aromatic nitrogens is 2. The maximum Gasteiger partial charge on any atom is 0.416 e. The van der Waals surface area contributed by atoms with Crippen molar-refractivity contribution in [1.29, 1.82) is 0 Å². The SMILES string of the molecule is CC(NC(=O)CCn1cnc2sccc2c1=O)c1ccc(C(F)(F)F)cc1. The molecular formula is C18H16F3N3O2S. The van der Waals surface area contributed by atoms with Gasteiger partial charge in [-0.05, 0) is 36.1 Å². The highest BCUT2D eigenvalue weighted by Gasteiger charge is 2.30. The molecule has 0 spiro atoms. The largest absolute Gasteiger partial charge is 0.416 e. The van der Waals surface area contributed by atoms with Crippen LogP contribution in [0.15, 0.2) is 46.8 Å². The molecule has 9 heteroatoms. The molecule has 1 unspecified atom stereocenters. The first kappa shape index (κ1) is 19.1. The van der Waals surface area contributed by atoms with Crippen molar-refractivity contribution in [2.75, 3.05) is 0 Å². The Bertz CT molecular complexity index is 1010. The molecule has 0 radical (unpaired) electrons. The van der Waals surface area contributed by atoms with E-state index < -0.39 is 17.8 Å². The summed E-state index contributed by atoms with van der Waals surface area (Å²) in [6.45, 7) is 1.86. The molecule has 3 rings (SSSR count). The minimum absolute atomic E-state index is 0.0577. The highest BCUT2D eigenvalue weighted by atomic mass is 32.1. The van der Waals surface area contributed by atoms with Crippen LogP contribution in [0.5, 0.6) is 0 Å². The van der Waals surface area contributed by atoms with E-state index in [2.05, 4.69) is 10.3 Å². The van der Waals surface area contributed by atoms with Gasteiger partial charge in [-0.3, -0.25) is 14.2 Å². The molecule has 0 aliphatic rings. The van der Waals surface area contributed by atoms with E-state index in [1.165, 1.54) is 34.4 Å². The third-order valence-electron chi connectivity index (χ3n) is 4.15. The maximum atomic E-state index is 12.6. The van der Waals surface area contributed by atoms with Gasteiger partial charge in [0, 0.05) is 13.0 Å². The summed E-state index contributed by atoms with van der Waals surface area (Å²) in [4.78, 5) is 29.2. The number of thiophene rings is 1. The lowest BCUT2D eigenvalue weighted by Gasteiger charge is -2.15. The standard InChI is InChI=1S/C18H16F3N3O2S/c1-11(12-2-4-13(5-3-12)18(19,20)21)23-15(25)6-8-24-10-22-16-14(17(24)26)7-9-27-16/h2-5,7,9-11H,6,8H2,1H3,(H,23,25). The molecule has 1 aromatic carbocycles. The number of rotatable bonds is 5. The molecule has 0 aliphatic carbocycles. The van der Waals surface area contributed by atoms with E-state index in [1.807, 2.05) is 0 Å². The second kappa shape index (κ2) is 7.51. The first-order valence-electron chi connectivity index (χ1n) is 8.15. The molecule has 3 aromatic rings.